The molecule has 2 N–H and O–H groups in total. The Morgan fingerprint density at radius 1 is 1.00 bits per heavy atom. The predicted molar refractivity (Wildman–Crippen MR) is 132 cm³/mol. The Labute approximate surface area is 217 Å². The molecule has 0 radical (unpaired) electrons. The first kappa shape index (κ1) is 25.9. The molecule has 0 saturated heterocycles. The molecule has 2 aliphatic carbocycles. The van der Waals surface area contributed by atoms with Crippen LogP contribution in [-0.2, 0) is 9.59 Å². The van der Waals surface area contributed by atoms with Gasteiger partial charge in [-0.2, -0.15) is 0 Å². The second-order valence-corrected chi connectivity index (χ2v) is 9.94. The molecule has 8 nitrogen and oxygen atoms in total. The summed E-state index contributed by atoms with van der Waals surface area (Å²) in [5.74, 6) is -1.85. The molecule has 2 fully saturated rings. The number of ether oxygens (including phenoxy) is 1. The van der Waals surface area contributed by atoms with Crippen LogP contribution in [0.15, 0.2) is 48.5 Å². The van der Waals surface area contributed by atoms with Gasteiger partial charge in [-0.25, -0.2) is 4.79 Å². The van der Waals surface area contributed by atoms with E-state index in [2.05, 4.69) is 10.1 Å². The number of carboxylic acid groups (broad SMARTS) is 1. The molecule has 2 aromatic carbocycles. The van der Waals surface area contributed by atoms with Crippen LogP contribution in [0.5, 0.6) is 5.75 Å². The molecule has 38 heavy (non-hydrogen) atoms. The van der Waals surface area contributed by atoms with Crippen LogP contribution in [-0.4, -0.2) is 46.4 Å². The maximum atomic E-state index is 13.7. The first-order valence-corrected chi connectivity index (χ1v) is 12.7. The number of aliphatic carboxylic acids is 1. The second-order valence-electron chi connectivity index (χ2n) is 9.94. The van der Waals surface area contributed by atoms with E-state index in [4.69, 9.17) is 5.11 Å². The van der Waals surface area contributed by atoms with E-state index in [0.717, 1.165) is 37.3 Å². The van der Waals surface area contributed by atoms with Gasteiger partial charge in [0.05, 0.1) is 23.8 Å². The van der Waals surface area contributed by atoms with Crippen LogP contribution in [0, 0.1) is 5.92 Å². The third kappa shape index (κ3) is 5.27. The summed E-state index contributed by atoms with van der Waals surface area (Å²) in [5, 5.41) is 11.7. The lowest BCUT2D eigenvalue weighted by atomic mass is 9.81. The summed E-state index contributed by atoms with van der Waals surface area (Å²) in [6, 6.07) is 11.5. The largest absolute Gasteiger partial charge is 0.573 e. The maximum absolute atomic E-state index is 13.7. The van der Waals surface area contributed by atoms with E-state index in [9.17, 15) is 27.6 Å². The van der Waals surface area contributed by atoms with Crippen molar-refractivity contribution >= 4 is 29.3 Å². The van der Waals surface area contributed by atoms with Crippen LogP contribution in [0.1, 0.15) is 56.6 Å². The highest BCUT2D eigenvalue weighted by molar-refractivity contribution is 6.04. The lowest BCUT2D eigenvalue weighted by Gasteiger charge is -2.47. The van der Waals surface area contributed by atoms with Crippen LogP contribution in [0.25, 0.3) is 0 Å². The third-order valence-corrected chi connectivity index (χ3v) is 7.44. The number of para-hydroxylation sites is 3. The summed E-state index contributed by atoms with van der Waals surface area (Å²) in [6.07, 6.45) is -1.33. The Kier molecular flexibility index (Phi) is 6.93. The van der Waals surface area contributed by atoms with Gasteiger partial charge in [-0.15, -0.1) is 13.2 Å². The number of halogens is 3. The van der Waals surface area contributed by atoms with Crippen LogP contribution in [0.4, 0.5) is 29.3 Å². The Morgan fingerprint density at radius 2 is 1.71 bits per heavy atom. The Hall–Kier alpha value is -3.76. The molecular weight excluding hydrogens is 503 g/mol. The van der Waals surface area contributed by atoms with Crippen molar-refractivity contribution in [2.45, 2.75) is 69.4 Å². The van der Waals surface area contributed by atoms with E-state index >= 15 is 0 Å². The number of hydrogen-bond acceptors (Lipinski definition) is 4. The molecule has 0 spiro atoms. The Morgan fingerprint density at radius 3 is 2.42 bits per heavy atom. The van der Waals surface area contributed by atoms with Crippen molar-refractivity contribution < 1.29 is 37.4 Å². The number of carboxylic acids is 1. The monoisotopic (exact) mass is 531 g/mol. The van der Waals surface area contributed by atoms with E-state index in [-0.39, 0.29) is 48.5 Å². The molecule has 0 unspecified atom stereocenters. The van der Waals surface area contributed by atoms with E-state index in [1.54, 1.807) is 17.0 Å². The minimum atomic E-state index is -4.91. The SMILES string of the molecule is O=C(O)CCC(=O)N(C1CC1)[C@H]1c2ccccc2N(C(=O)Nc2ccccc2OC(F)(F)F)[C@@H]2CCC[C@@H]21. The molecule has 1 heterocycles. The number of rotatable bonds is 7. The molecule has 11 heteroatoms. The van der Waals surface area contributed by atoms with Gasteiger partial charge in [0.25, 0.3) is 0 Å². The number of alkyl halides is 3. The quantitative estimate of drug-likeness (QED) is 0.477. The number of hydrogen-bond donors (Lipinski definition) is 2. The average Bonchev–Trinajstić information content (AvgIpc) is 3.58. The van der Waals surface area contributed by atoms with Crippen molar-refractivity contribution in [2.24, 2.45) is 5.92 Å². The zero-order valence-corrected chi connectivity index (χ0v) is 20.5. The molecule has 1 aliphatic heterocycles. The van der Waals surface area contributed by atoms with Gasteiger partial charge in [0, 0.05) is 24.4 Å². The molecule has 3 aliphatic rings. The van der Waals surface area contributed by atoms with Gasteiger partial charge in [-0.1, -0.05) is 36.8 Å². The fourth-order valence-corrected chi connectivity index (χ4v) is 5.88. The molecule has 2 aromatic rings. The van der Waals surface area contributed by atoms with E-state index in [1.807, 2.05) is 17.0 Å². The number of urea groups is 1. The number of amides is 3. The summed E-state index contributed by atoms with van der Waals surface area (Å²) in [5.41, 5.74) is 1.26. The predicted octanol–water partition coefficient (Wildman–Crippen LogP) is 5.70. The van der Waals surface area contributed by atoms with Gasteiger partial charge in [0.1, 0.15) is 0 Å². The number of nitrogens with zero attached hydrogens (tertiary/aromatic N) is 2. The molecule has 3 atom stereocenters. The number of nitrogens with one attached hydrogen (secondary N) is 1. The molecule has 202 valence electrons. The Balaban J connectivity index is 1.48. The van der Waals surface area contributed by atoms with Crippen molar-refractivity contribution in [3.05, 3.63) is 54.1 Å². The minimum absolute atomic E-state index is 0.0300. The highest BCUT2D eigenvalue weighted by Gasteiger charge is 2.51. The number of carbonyl (C=O) groups excluding carboxylic acids is 2. The van der Waals surface area contributed by atoms with Crippen LogP contribution >= 0.6 is 0 Å². The fourth-order valence-electron chi connectivity index (χ4n) is 5.88. The number of fused-ring (bicyclic) bond motifs is 2. The van der Waals surface area contributed by atoms with Crippen molar-refractivity contribution in [2.75, 3.05) is 10.2 Å². The summed E-state index contributed by atoms with van der Waals surface area (Å²) >= 11 is 0. The highest BCUT2D eigenvalue weighted by Crippen LogP contribution is 2.52. The molecule has 0 aromatic heterocycles. The van der Waals surface area contributed by atoms with Gasteiger partial charge in [0.15, 0.2) is 5.75 Å². The number of anilines is 2. The van der Waals surface area contributed by atoms with Gasteiger partial charge < -0.3 is 20.1 Å². The van der Waals surface area contributed by atoms with Crippen LogP contribution in [0.2, 0.25) is 0 Å². The maximum Gasteiger partial charge on any atom is 0.573 e. The lowest BCUT2D eigenvalue weighted by molar-refractivity contribution is -0.274. The van der Waals surface area contributed by atoms with E-state index in [1.165, 1.54) is 18.2 Å². The first-order chi connectivity index (χ1) is 18.1. The van der Waals surface area contributed by atoms with Crippen molar-refractivity contribution in [1.82, 2.24) is 4.90 Å². The lowest BCUT2D eigenvalue weighted by Crippen LogP contribution is -2.54. The molecule has 2 saturated carbocycles. The van der Waals surface area contributed by atoms with Gasteiger partial charge in [-0.3, -0.25) is 14.5 Å². The molecule has 5 rings (SSSR count). The van der Waals surface area contributed by atoms with Gasteiger partial charge >= 0.3 is 18.4 Å². The number of carbonyl (C=O) groups is 3. The summed E-state index contributed by atoms with van der Waals surface area (Å²) in [7, 11) is 0. The van der Waals surface area contributed by atoms with E-state index in [0.29, 0.717) is 12.1 Å². The van der Waals surface area contributed by atoms with Gasteiger partial charge in [-0.05, 0) is 49.4 Å². The van der Waals surface area contributed by atoms with Crippen molar-refractivity contribution in [3.8, 4) is 5.75 Å². The minimum Gasteiger partial charge on any atom is -0.481 e. The van der Waals surface area contributed by atoms with Crippen LogP contribution in [0.3, 0.4) is 0 Å². The summed E-state index contributed by atoms with van der Waals surface area (Å²) in [4.78, 5) is 41.5. The van der Waals surface area contributed by atoms with E-state index < -0.39 is 24.1 Å². The average molecular weight is 532 g/mol. The topological polar surface area (TPSA) is 99.2 Å². The highest BCUT2D eigenvalue weighted by atomic mass is 19.4. The zero-order valence-electron chi connectivity index (χ0n) is 20.5. The smallest absolute Gasteiger partial charge is 0.481 e. The first-order valence-electron chi connectivity index (χ1n) is 12.7. The van der Waals surface area contributed by atoms with Crippen molar-refractivity contribution in [3.63, 3.8) is 0 Å². The standard InChI is InChI=1S/C27H28F3N3O5/c28-27(29,30)38-22-11-4-2-8-19(22)31-26(37)33-20-9-3-1-6-17(20)25(18-7-5-10-21(18)33)32(16-12-13-16)23(34)14-15-24(35)36/h1-4,6,8-9,11,16,18,21,25H,5,7,10,12-15H2,(H,31,37)(H,35,36)/t18-,21+,25-/m0/s1. The molecular formula is C27H28F3N3O5. The Bertz CT molecular complexity index is 1230. The van der Waals surface area contributed by atoms with Crippen molar-refractivity contribution in [1.29, 1.82) is 0 Å². The zero-order chi connectivity index (χ0) is 27.0. The fraction of sp³-hybridized carbons (Fsp3) is 0.444. The normalized spacial score (nSPS) is 22.3. The third-order valence-electron chi connectivity index (χ3n) is 7.44. The molecule has 0 bridgehead atoms. The second kappa shape index (κ2) is 10.2. The summed E-state index contributed by atoms with van der Waals surface area (Å²) in [6.45, 7) is 0. The summed E-state index contributed by atoms with van der Waals surface area (Å²) < 4.78 is 42.9. The molecule has 3 amide bonds. The van der Waals surface area contributed by atoms with Crippen LogP contribution < -0.4 is 15.0 Å². The van der Waals surface area contributed by atoms with Gasteiger partial charge in [0.2, 0.25) is 5.91 Å². The number of benzene rings is 2.